The molecule has 1 nitrogen and oxygen atoms in total. The van der Waals surface area contributed by atoms with Gasteiger partial charge in [-0.05, 0) is 64.1 Å². The Morgan fingerprint density at radius 1 is 1.33 bits per heavy atom. The van der Waals surface area contributed by atoms with Crippen LogP contribution in [-0.4, -0.2) is 13.1 Å². The van der Waals surface area contributed by atoms with E-state index >= 15 is 0 Å². The zero-order chi connectivity index (χ0) is 11.1. The summed E-state index contributed by atoms with van der Waals surface area (Å²) in [5.41, 5.74) is 4.57. The molecule has 0 atom stereocenters. The topological polar surface area (TPSA) is 12.0 Å². The van der Waals surface area contributed by atoms with Crippen LogP contribution in [0.3, 0.4) is 0 Å². The predicted octanol–water partition coefficient (Wildman–Crippen LogP) is 3.82. The molecule has 86 valence electrons. The second-order valence-corrected chi connectivity index (χ2v) is 4.53. The number of allylic oxidation sites excluding steroid dienone is 3. The average molecular weight is 207 g/mol. The fourth-order valence-electron chi connectivity index (χ4n) is 2.29. The van der Waals surface area contributed by atoms with Crippen molar-refractivity contribution in [3.63, 3.8) is 0 Å². The van der Waals surface area contributed by atoms with E-state index in [0.717, 1.165) is 13.1 Å². The predicted molar refractivity (Wildman–Crippen MR) is 68.1 cm³/mol. The smallest absolute Gasteiger partial charge is 0.00460 e. The molecule has 0 amide bonds. The maximum atomic E-state index is 4.19. The summed E-state index contributed by atoms with van der Waals surface area (Å²) in [6.45, 7) is 10.9. The van der Waals surface area contributed by atoms with Crippen LogP contribution in [-0.2, 0) is 0 Å². The van der Waals surface area contributed by atoms with Gasteiger partial charge in [0.1, 0.15) is 0 Å². The molecule has 1 saturated carbocycles. The minimum absolute atomic E-state index is 1.09. The molecule has 0 aromatic heterocycles. The second-order valence-electron chi connectivity index (χ2n) is 4.53. The van der Waals surface area contributed by atoms with Crippen LogP contribution in [0.4, 0.5) is 0 Å². The minimum atomic E-state index is 1.09. The summed E-state index contributed by atoms with van der Waals surface area (Å²) >= 11 is 0. The molecule has 1 heteroatoms. The second kappa shape index (κ2) is 6.84. The van der Waals surface area contributed by atoms with Gasteiger partial charge in [0.2, 0.25) is 0 Å². The van der Waals surface area contributed by atoms with E-state index < -0.39 is 0 Å². The van der Waals surface area contributed by atoms with Crippen LogP contribution in [0.2, 0.25) is 0 Å². The van der Waals surface area contributed by atoms with Gasteiger partial charge >= 0.3 is 0 Å². The number of hydrogen-bond donors (Lipinski definition) is 1. The zero-order valence-corrected chi connectivity index (χ0v) is 10.4. The van der Waals surface area contributed by atoms with Crippen LogP contribution in [0, 0.1) is 0 Å². The van der Waals surface area contributed by atoms with Gasteiger partial charge in [0.15, 0.2) is 0 Å². The Bertz CT molecular complexity index is 238. The van der Waals surface area contributed by atoms with Gasteiger partial charge in [-0.2, -0.15) is 0 Å². The van der Waals surface area contributed by atoms with Gasteiger partial charge in [-0.15, -0.1) is 0 Å². The maximum Gasteiger partial charge on any atom is -0.00460 e. The molecular weight excluding hydrogens is 182 g/mol. The molecule has 1 rings (SSSR count). The van der Waals surface area contributed by atoms with E-state index in [-0.39, 0.29) is 0 Å². The lowest BCUT2D eigenvalue weighted by Crippen LogP contribution is -2.14. The van der Waals surface area contributed by atoms with Gasteiger partial charge in [0.25, 0.3) is 0 Å². The third-order valence-corrected chi connectivity index (χ3v) is 3.25. The molecule has 1 N–H and O–H groups in total. The molecule has 0 aliphatic heterocycles. The van der Waals surface area contributed by atoms with Crippen LogP contribution >= 0.6 is 0 Å². The van der Waals surface area contributed by atoms with E-state index in [2.05, 4.69) is 25.7 Å². The highest BCUT2D eigenvalue weighted by Crippen LogP contribution is 2.30. The van der Waals surface area contributed by atoms with Crippen LogP contribution in [0.1, 0.15) is 52.4 Å². The van der Waals surface area contributed by atoms with Crippen molar-refractivity contribution < 1.29 is 0 Å². The molecule has 1 fully saturated rings. The lowest BCUT2D eigenvalue weighted by Gasteiger charge is -2.20. The number of nitrogens with one attached hydrogen (secondary N) is 1. The Hall–Kier alpha value is -0.560. The van der Waals surface area contributed by atoms with Crippen molar-refractivity contribution in [1.82, 2.24) is 5.32 Å². The zero-order valence-electron chi connectivity index (χ0n) is 10.4. The fourth-order valence-corrected chi connectivity index (χ4v) is 2.29. The van der Waals surface area contributed by atoms with Crippen molar-refractivity contribution in [3.05, 3.63) is 23.3 Å². The van der Waals surface area contributed by atoms with Gasteiger partial charge in [0, 0.05) is 0 Å². The average Bonchev–Trinajstić information content (AvgIpc) is 2.25. The van der Waals surface area contributed by atoms with E-state index in [0.29, 0.717) is 0 Å². The van der Waals surface area contributed by atoms with E-state index in [4.69, 9.17) is 0 Å². The first-order valence-electron chi connectivity index (χ1n) is 6.33. The van der Waals surface area contributed by atoms with E-state index in [1.807, 2.05) is 0 Å². The molecule has 1 aliphatic carbocycles. The fraction of sp³-hybridized carbons (Fsp3) is 0.714. The lowest BCUT2D eigenvalue weighted by molar-refractivity contribution is 0.648. The molecule has 0 aromatic rings. The number of hydrogen-bond acceptors (Lipinski definition) is 1. The lowest BCUT2D eigenvalue weighted by atomic mass is 9.86. The molecular formula is C14H25N. The van der Waals surface area contributed by atoms with Gasteiger partial charge in [-0.25, -0.2) is 0 Å². The monoisotopic (exact) mass is 207 g/mol. The standard InChI is InChI=1S/C14H25N/c1-4-15-11-7-9-13(3)14-10-6-5-8-12(14)2/h15H,2,4-11H2,1,3H3/b14-13+. The third-order valence-electron chi connectivity index (χ3n) is 3.25. The van der Waals surface area contributed by atoms with Crippen molar-refractivity contribution >= 4 is 0 Å². The Labute approximate surface area is 94.6 Å². The van der Waals surface area contributed by atoms with Crippen LogP contribution in [0.15, 0.2) is 23.3 Å². The highest BCUT2D eigenvalue weighted by molar-refractivity contribution is 5.34. The van der Waals surface area contributed by atoms with E-state index in [1.54, 1.807) is 11.1 Å². The summed E-state index contributed by atoms with van der Waals surface area (Å²) in [4.78, 5) is 0. The molecule has 0 bridgehead atoms. The largest absolute Gasteiger partial charge is 0.317 e. The third kappa shape index (κ3) is 4.21. The van der Waals surface area contributed by atoms with Crippen molar-refractivity contribution in [1.29, 1.82) is 0 Å². The van der Waals surface area contributed by atoms with Gasteiger partial charge < -0.3 is 5.32 Å². The van der Waals surface area contributed by atoms with Gasteiger partial charge in [0.05, 0.1) is 0 Å². The molecule has 0 spiro atoms. The Kier molecular flexibility index (Phi) is 5.70. The SMILES string of the molecule is C=C1CCCC/C1=C(/C)CCCNCC. The van der Waals surface area contributed by atoms with Crippen molar-refractivity contribution in [2.45, 2.75) is 52.4 Å². The molecule has 1 aliphatic rings. The maximum absolute atomic E-state index is 4.19. The highest BCUT2D eigenvalue weighted by atomic mass is 14.8. The van der Waals surface area contributed by atoms with E-state index in [9.17, 15) is 0 Å². The Morgan fingerprint density at radius 3 is 2.73 bits per heavy atom. The molecule has 15 heavy (non-hydrogen) atoms. The Balaban J connectivity index is 2.37. The molecule has 0 heterocycles. The molecule has 0 radical (unpaired) electrons. The normalized spacial score (nSPS) is 20.5. The quantitative estimate of drug-likeness (QED) is 0.676. The summed E-state index contributed by atoms with van der Waals surface area (Å²) in [7, 11) is 0. The molecule has 0 saturated heterocycles. The molecule has 0 aromatic carbocycles. The minimum Gasteiger partial charge on any atom is -0.317 e. The summed E-state index contributed by atoms with van der Waals surface area (Å²) in [6.07, 6.45) is 7.69. The van der Waals surface area contributed by atoms with Crippen molar-refractivity contribution in [2.75, 3.05) is 13.1 Å². The highest BCUT2D eigenvalue weighted by Gasteiger charge is 2.11. The summed E-state index contributed by atoms with van der Waals surface area (Å²) in [5.74, 6) is 0. The summed E-state index contributed by atoms with van der Waals surface area (Å²) in [5, 5.41) is 3.37. The molecule has 0 unspecified atom stereocenters. The van der Waals surface area contributed by atoms with Crippen LogP contribution in [0.25, 0.3) is 0 Å². The first-order chi connectivity index (χ1) is 7.25. The van der Waals surface area contributed by atoms with Crippen LogP contribution < -0.4 is 5.32 Å². The first kappa shape index (κ1) is 12.5. The van der Waals surface area contributed by atoms with Gasteiger partial charge in [-0.1, -0.05) is 24.6 Å². The Morgan fingerprint density at radius 2 is 2.07 bits per heavy atom. The van der Waals surface area contributed by atoms with E-state index in [1.165, 1.54) is 44.1 Å². The summed E-state index contributed by atoms with van der Waals surface area (Å²) < 4.78 is 0. The van der Waals surface area contributed by atoms with Gasteiger partial charge in [-0.3, -0.25) is 0 Å². The van der Waals surface area contributed by atoms with Crippen molar-refractivity contribution in [3.8, 4) is 0 Å². The van der Waals surface area contributed by atoms with Crippen molar-refractivity contribution in [2.24, 2.45) is 0 Å². The number of rotatable bonds is 5. The summed E-state index contributed by atoms with van der Waals surface area (Å²) in [6, 6.07) is 0. The first-order valence-corrected chi connectivity index (χ1v) is 6.33. The van der Waals surface area contributed by atoms with Crippen LogP contribution in [0.5, 0.6) is 0 Å².